The summed E-state index contributed by atoms with van der Waals surface area (Å²) >= 11 is 0. The van der Waals surface area contributed by atoms with E-state index in [-0.39, 0.29) is 23.7 Å². The molecule has 2 unspecified atom stereocenters. The number of carbonyl (C=O) groups excluding carboxylic acids is 2. The molecule has 27 heavy (non-hydrogen) atoms. The first-order valence-corrected chi connectivity index (χ1v) is 9.80. The number of hydrogen-bond donors (Lipinski definition) is 1. The first kappa shape index (κ1) is 17.8. The van der Waals surface area contributed by atoms with Gasteiger partial charge in [-0.2, -0.15) is 0 Å². The Morgan fingerprint density at radius 2 is 1.70 bits per heavy atom. The summed E-state index contributed by atoms with van der Waals surface area (Å²) in [6.45, 7) is 5.64. The van der Waals surface area contributed by atoms with Crippen molar-refractivity contribution in [2.24, 2.45) is 11.8 Å². The van der Waals surface area contributed by atoms with Crippen molar-refractivity contribution in [1.82, 2.24) is 4.90 Å². The predicted molar refractivity (Wildman–Crippen MR) is 106 cm³/mol. The van der Waals surface area contributed by atoms with Crippen LogP contribution in [0.25, 0.3) is 0 Å². The maximum Gasteiger partial charge on any atom is 0.228 e. The zero-order valence-corrected chi connectivity index (χ0v) is 15.9. The summed E-state index contributed by atoms with van der Waals surface area (Å²) in [6.07, 6.45) is 1.56. The van der Waals surface area contributed by atoms with E-state index in [1.165, 1.54) is 11.1 Å². The number of nitrogens with zero attached hydrogens (tertiary/aromatic N) is 1. The van der Waals surface area contributed by atoms with Gasteiger partial charge in [0.2, 0.25) is 11.8 Å². The van der Waals surface area contributed by atoms with Gasteiger partial charge in [-0.1, -0.05) is 56.3 Å². The summed E-state index contributed by atoms with van der Waals surface area (Å²) in [7, 11) is 0. The molecule has 0 spiro atoms. The van der Waals surface area contributed by atoms with E-state index in [2.05, 4.69) is 31.3 Å². The zero-order valence-electron chi connectivity index (χ0n) is 15.9. The maximum atomic E-state index is 12.9. The molecule has 2 aliphatic rings. The van der Waals surface area contributed by atoms with E-state index in [4.69, 9.17) is 0 Å². The molecule has 1 aliphatic carbocycles. The third-order valence-corrected chi connectivity index (χ3v) is 5.73. The lowest BCUT2D eigenvalue weighted by atomic mass is 9.99. The van der Waals surface area contributed by atoms with Crippen LogP contribution in [0, 0.1) is 11.8 Å². The molecule has 4 rings (SSSR count). The largest absolute Gasteiger partial charge is 0.338 e. The highest BCUT2D eigenvalue weighted by molar-refractivity contribution is 6.00. The minimum absolute atomic E-state index is 0.0288. The van der Waals surface area contributed by atoms with Crippen LogP contribution in [-0.2, 0) is 22.6 Å². The normalized spacial score (nSPS) is 20.9. The van der Waals surface area contributed by atoms with Gasteiger partial charge >= 0.3 is 0 Å². The molecular weight excluding hydrogens is 336 g/mol. The molecule has 2 atom stereocenters. The summed E-state index contributed by atoms with van der Waals surface area (Å²) in [5, 5.41) is 3.05. The van der Waals surface area contributed by atoms with Crippen LogP contribution in [0.2, 0.25) is 0 Å². The first-order chi connectivity index (χ1) is 13.0. The van der Waals surface area contributed by atoms with Crippen molar-refractivity contribution in [3.05, 3.63) is 65.2 Å². The molecule has 140 valence electrons. The topological polar surface area (TPSA) is 49.4 Å². The van der Waals surface area contributed by atoms with E-state index < -0.39 is 0 Å². The average Bonchev–Trinajstić information content (AvgIpc) is 3.48. The Bertz CT molecular complexity index is 874. The zero-order chi connectivity index (χ0) is 19.0. The molecule has 1 fully saturated rings. The van der Waals surface area contributed by atoms with Crippen LogP contribution >= 0.6 is 0 Å². The summed E-state index contributed by atoms with van der Waals surface area (Å²) in [4.78, 5) is 27.4. The number of carbonyl (C=O) groups is 2. The standard InChI is InChI=1S/C23H26N2O2/c1-15(2)18-9-5-6-10-21(18)24-22(26)19-13-20(19)23(27)25-12-11-16-7-3-4-8-17(16)14-25/h3-10,15,19-20H,11-14H2,1-2H3,(H,24,26). The van der Waals surface area contributed by atoms with Crippen molar-refractivity contribution in [2.45, 2.75) is 39.2 Å². The molecule has 1 heterocycles. The van der Waals surface area contributed by atoms with E-state index in [1.54, 1.807) is 0 Å². The van der Waals surface area contributed by atoms with Gasteiger partial charge in [0.15, 0.2) is 0 Å². The lowest BCUT2D eigenvalue weighted by Gasteiger charge is -2.29. The van der Waals surface area contributed by atoms with E-state index in [0.717, 1.165) is 24.2 Å². The van der Waals surface area contributed by atoms with Crippen LogP contribution < -0.4 is 5.32 Å². The van der Waals surface area contributed by atoms with Crippen molar-refractivity contribution in [2.75, 3.05) is 11.9 Å². The fraction of sp³-hybridized carbons (Fsp3) is 0.391. The molecular formula is C23H26N2O2. The number of rotatable bonds is 4. The number of benzene rings is 2. The smallest absolute Gasteiger partial charge is 0.228 e. The molecule has 4 nitrogen and oxygen atoms in total. The Hall–Kier alpha value is -2.62. The molecule has 0 radical (unpaired) electrons. The molecule has 0 bridgehead atoms. The van der Waals surface area contributed by atoms with Crippen LogP contribution in [0.4, 0.5) is 5.69 Å². The van der Waals surface area contributed by atoms with Gasteiger partial charge in [0, 0.05) is 18.8 Å². The second kappa shape index (κ2) is 7.18. The second-order valence-corrected chi connectivity index (χ2v) is 7.96. The van der Waals surface area contributed by atoms with Crippen molar-refractivity contribution in [3.8, 4) is 0 Å². The molecule has 2 aromatic rings. The van der Waals surface area contributed by atoms with Crippen LogP contribution in [0.5, 0.6) is 0 Å². The van der Waals surface area contributed by atoms with Crippen molar-refractivity contribution < 1.29 is 9.59 Å². The van der Waals surface area contributed by atoms with E-state index in [0.29, 0.717) is 18.9 Å². The summed E-state index contributed by atoms with van der Waals surface area (Å²) < 4.78 is 0. The molecule has 1 saturated carbocycles. The van der Waals surface area contributed by atoms with Crippen LogP contribution in [0.15, 0.2) is 48.5 Å². The molecule has 2 amide bonds. The number of nitrogens with one attached hydrogen (secondary N) is 1. The van der Waals surface area contributed by atoms with Gasteiger partial charge in [-0.25, -0.2) is 0 Å². The fourth-order valence-electron chi connectivity index (χ4n) is 4.02. The van der Waals surface area contributed by atoms with Gasteiger partial charge in [-0.3, -0.25) is 9.59 Å². The third-order valence-electron chi connectivity index (χ3n) is 5.73. The van der Waals surface area contributed by atoms with Gasteiger partial charge in [-0.05, 0) is 41.5 Å². The Morgan fingerprint density at radius 1 is 1.00 bits per heavy atom. The SMILES string of the molecule is CC(C)c1ccccc1NC(=O)C1CC1C(=O)N1CCc2ccccc2C1. The summed E-state index contributed by atoms with van der Waals surface area (Å²) in [5.74, 6) is 0.0728. The quantitative estimate of drug-likeness (QED) is 0.895. The highest BCUT2D eigenvalue weighted by atomic mass is 16.2. The number of hydrogen-bond acceptors (Lipinski definition) is 2. The Labute approximate surface area is 160 Å². The monoisotopic (exact) mass is 362 g/mol. The van der Waals surface area contributed by atoms with E-state index in [1.807, 2.05) is 41.3 Å². The number of fused-ring (bicyclic) bond motifs is 1. The number of para-hydroxylation sites is 1. The lowest BCUT2D eigenvalue weighted by Crippen LogP contribution is -2.37. The lowest BCUT2D eigenvalue weighted by molar-refractivity contribution is -0.135. The van der Waals surface area contributed by atoms with Gasteiger partial charge < -0.3 is 10.2 Å². The predicted octanol–water partition coefficient (Wildman–Crippen LogP) is 3.97. The Morgan fingerprint density at radius 3 is 2.48 bits per heavy atom. The second-order valence-electron chi connectivity index (χ2n) is 7.96. The Balaban J connectivity index is 1.38. The van der Waals surface area contributed by atoms with Gasteiger partial charge in [0.1, 0.15) is 0 Å². The molecule has 1 aliphatic heterocycles. The number of amides is 2. The highest BCUT2D eigenvalue weighted by Gasteiger charge is 2.49. The van der Waals surface area contributed by atoms with Crippen LogP contribution in [0.3, 0.4) is 0 Å². The third kappa shape index (κ3) is 3.61. The molecule has 0 aromatic heterocycles. The molecule has 4 heteroatoms. The maximum absolute atomic E-state index is 12.9. The molecule has 1 N–H and O–H groups in total. The number of anilines is 1. The fourth-order valence-corrected chi connectivity index (χ4v) is 4.02. The minimum atomic E-state index is -0.199. The highest BCUT2D eigenvalue weighted by Crippen LogP contribution is 2.42. The summed E-state index contributed by atoms with van der Waals surface area (Å²) in [6, 6.07) is 16.2. The van der Waals surface area contributed by atoms with Crippen LogP contribution in [0.1, 0.15) is 42.9 Å². The summed E-state index contributed by atoms with van der Waals surface area (Å²) in [5.41, 5.74) is 4.55. The minimum Gasteiger partial charge on any atom is -0.338 e. The van der Waals surface area contributed by atoms with Crippen molar-refractivity contribution in [3.63, 3.8) is 0 Å². The van der Waals surface area contributed by atoms with Crippen LogP contribution in [-0.4, -0.2) is 23.3 Å². The Kier molecular flexibility index (Phi) is 4.73. The van der Waals surface area contributed by atoms with Crippen molar-refractivity contribution >= 4 is 17.5 Å². The van der Waals surface area contributed by atoms with Gasteiger partial charge in [-0.15, -0.1) is 0 Å². The van der Waals surface area contributed by atoms with E-state index in [9.17, 15) is 9.59 Å². The average molecular weight is 362 g/mol. The van der Waals surface area contributed by atoms with Gasteiger partial charge in [0.05, 0.1) is 11.8 Å². The molecule has 0 saturated heterocycles. The first-order valence-electron chi connectivity index (χ1n) is 9.80. The molecule has 2 aromatic carbocycles. The van der Waals surface area contributed by atoms with Crippen molar-refractivity contribution in [1.29, 1.82) is 0 Å². The van der Waals surface area contributed by atoms with Gasteiger partial charge in [0.25, 0.3) is 0 Å². The van der Waals surface area contributed by atoms with E-state index >= 15 is 0 Å².